The summed E-state index contributed by atoms with van der Waals surface area (Å²) in [5.74, 6) is -0.219. The number of halogens is 2. The van der Waals surface area contributed by atoms with Gasteiger partial charge in [-0.25, -0.2) is 4.39 Å². The maximum atomic E-state index is 12.8. The molecule has 2 N–H and O–H groups in total. The van der Waals surface area contributed by atoms with Crippen LogP contribution in [-0.4, -0.2) is 7.05 Å². The zero-order valence-electron chi connectivity index (χ0n) is 10.0. The quantitative estimate of drug-likeness (QED) is 0.874. The second kappa shape index (κ2) is 5.40. The third-order valence-electron chi connectivity index (χ3n) is 2.74. The van der Waals surface area contributed by atoms with Gasteiger partial charge in [-0.3, -0.25) is 0 Å². The number of benzene rings is 2. The van der Waals surface area contributed by atoms with E-state index in [1.165, 1.54) is 12.1 Å². The summed E-state index contributed by atoms with van der Waals surface area (Å²) < 4.78 is 13.8. The van der Waals surface area contributed by atoms with Crippen molar-refractivity contribution in [3.63, 3.8) is 0 Å². The Kier molecular flexibility index (Phi) is 3.87. The van der Waals surface area contributed by atoms with E-state index in [1.807, 2.05) is 30.1 Å². The van der Waals surface area contributed by atoms with Crippen molar-refractivity contribution >= 4 is 27.3 Å². The van der Waals surface area contributed by atoms with Crippen LogP contribution < -0.4 is 10.6 Å². The molecule has 2 aromatic rings. The predicted octanol–water partition coefficient (Wildman–Crippen LogP) is 3.81. The van der Waals surface area contributed by atoms with E-state index in [0.717, 1.165) is 21.4 Å². The molecule has 0 aliphatic heterocycles. The number of nitrogens with two attached hydrogens (primary N) is 1. The van der Waals surface area contributed by atoms with Crippen molar-refractivity contribution in [2.24, 2.45) is 0 Å². The van der Waals surface area contributed by atoms with Gasteiger partial charge in [0.05, 0.1) is 11.4 Å². The van der Waals surface area contributed by atoms with Crippen LogP contribution in [0.1, 0.15) is 5.56 Å². The third-order valence-corrected chi connectivity index (χ3v) is 3.23. The van der Waals surface area contributed by atoms with E-state index in [4.69, 9.17) is 5.73 Å². The van der Waals surface area contributed by atoms with Gasteiger partial charge in [0.15, 0.2) is 0 Å². The summed E-state index contributed by atoms with van der Waals surface area (Å²) in [6, 6.07) is 12.2. The summed E-state index contributed by atoms with van der Waals surface area (Å²) in [5, 5.41) is 0. The van der Waals surface area contributed by atoms with Crippen LogP contribution in [0.25, 0.3) is 0 Å². The second-order valence-corrected chi connectivity index (χ2v) is 5.10. The highest BCUT2D eigenvalue weighted by atomic mass is 79.9. The lowest BCUT2D eigenvalue weighted by Gasteiger charge is -2.21. The summed E-state index contributed by atoms with van der Waals surface area (Å²) in [6.07, 6.45) is 0. The Morgan fingerprint density at radius 3 is 2.50 bits per heavy atom. The first kappa shape index (κ1) is 12.9. The van der Waals surface area contributed by atoms with Gasteiger partial charge in [0, 0.05) is 18.1 Å². The molecule has 18 heavy (non-hydrogen) atoms. The average Bonchev–Trinajstić information content (AvgIpc) is 2.35. The predicted molar refractivity (Wildman–Crippen MR) is 77.1 cm³/mol. The molecule has 0 unspecified atom stereocenters. The fourth-order valence-corrected chi connectivity index (χ4v) is 2.15. The highest BCUT2D eigenvalue weighted by molar-refractivity contribution is 9.10. The van der Waals surface area contributed by atoms with Crippen LogP contribution in [0.3, 0.4) is 0 Å². The monoisotopic (exact) mass is 308 g/mol. The fraction of sp³-hybridized carbons (Fsp3) is 0.143. The van der Waals surface area contributed by atoms with Crippen LogP contribution in [0.15, 0.2) is 46.9 Å². The molecule has 0 saturated carbocycles. The Balaban J connectivity index is 2.18. The minimum Gasteiger partial charge on any atom is -0.397 e. The molecule has 0 spiro atoms. The molecule has 2 nitrogen and oxygen atoms in total. The molecule has 0 saturated heterocycles. The first-order chi connectivity index (χ1) is 8.56. The zero-order valence-corrected chi connectivity index (χ0v) is 11.6. The standard InChI is InChI=1S/C14H14BrFN2/c1-18(9-10-2-5-12(16)6-3-10)14-8-11(15)4-7-13(14)17/h2-8H,9,17H2,1H3. The maximum Gasteiger partial charge on any atom is 0.123 e. The number of nitrogen functional groups attached to an aromatic ring is 1. The van der Waals surface area contributed by atoms with Crippen molar-refractivity contribution in [3.05, 3.63) is 58.3 Å². The van der Waals surface area contributed by atoms with Crippen molar-refractivity contribution in [2.45, 2.75) is 6.54 Å². The number of nitrogens with zero attached hydrogens (tertiary/aromatic N) is 1. The topological polar surface area (TPSA) is 29.3 Å². The molecule has 0 aromatic heterocycles. The molecule has 0 aliphatic carbocycles. The van der Waals surface area contributed by atoms with Crippen molar-refractivity contribution in [1.29, 1.82) is 0 Å². The molecule has 0 amide bonds. The zero-order chi connectivity index (χ0) is 13.1. The average molecular weight is 309 g/mol. The highest BCUT2D eigenvalue weighted by Gasteiger charge is 2.06. The van der Waals surface area contributed by atoms with Gasteiger partial charge in [-0.15, -0.1) is 0 Å². The van der Waals surface area contributed by atoms with Crippen LogP contribution in [0.5, 0.6) is 0 Å². The van der Waals surface area contributed by atoms with E-state index in [-0.39, 0.29) is 5.82 Å². The van der Waals surface area contributed by atoms with E-state index in [0.29, 0.717) is 6.54 Å². The van der Waals surface area contributed by atoms with Crippen molar-refractivity contribution in [1.82, 2.24) is 0 Å². The Labute approximate surface area is 114 Å². The first-order valence-corrected chi connectivity index (χ1v) is 6.36. The fourth-order valence-electron chi connectivity index (χ4n) is 1.80. The molecule has 2 aromatic carbocycles. The van der Waals surface area contributed by atoms with E-state index in [9.17, 15) is 4.39 Å². The molecule has 0 atom stereocenters. The molecule has 94 valence electrons. The second-order valence-electron chi connectivity index (χ2n) is 4.19. The molecule has 0 aliphatic rings. The Morgan fingerprint density at radius 1 is 1.17 bits per heavy atom. The van der Waals surface area contributed by atoms with Crippen LogP contribution in [-0.2, 0) is 6.54 Å². The number of anilines is 2. The van der Waals surface area contributed by atoms with E-state index >= 15 is 0 Å². The summed E-state index contributed by atoms with van der Waals surface area (Å²) >= 11 is 3.43. The van der Waals surface area contributed by atoms with E-state index in [1.54, 1.807) is 12.1 Å². The summed E-state index contributed by atoms with van der Waals surface area (Å²) in [7, 11) is 1.96. The molecule has 0 bridgehead atoms. The lowest BCUT2D eigenvalue weighted by Crippen LogP contribution is -2.17. The van der Waals surface area contributed by atoms with Gasteiger partial charge in [-0.05, 0) is 35.9 Å². The summed E-state index contributed by atoms with van der Waals surface area (Å²) in [5.41, 5.74) is 8.66. The van der Waals surface area contributed by atoms with Gasteiger partial charge < -0.3 is 10.6 Å². The Bertz CT molecular complexity index is 540. The smallest absolute Gasteiger partial charge is 0.123 e. The van der Waals surface area contributed by atoms with E-state index < -0.39 is 0 Å². The molecule has 0 heterocycles. The summed E-state index contributed by atoms with van der Waals surface area (Å²) in [4.78, 5) is 2.04. The minimum atomic E-state index is -0.219. The van der Waals surface area contributed by atoms with Crippen molar-refractivity contribution < 1.29 is 4.39 Å². The Morgan fingerprint density at radius 2 is 1.83 bits per heavy atom. The Hall–Kier alpha value is -1.55. The van der Waals surface area contributed by atoms with Gasteiger partial charge in [0.25, 0.3) is 0 Å². The van der Waals surface area contributed by atoms with Crippen LogP contribution in [0.4, 0.5) is 15.8 Å². The van der Waals surface area contributed by atoms with Gasteiger partial charge in [0.2, 0.25) is 0 Å². The minimum absolute atomic E-state index is 0.219. The molecule has 4 heteroatoms. The van der Waals surface area contributed by atoms with Gasteiger partial charge >= 0.3 is 0 Å². The van der Waals surface area contributed by atoms with Gasteiger partial charge in [-0.2, -0.15) is 0 Å². The van der Waals surface area contributed by atoms with Crippen molar-refractivity contribution in [2.75, 3.05) is 17.7 Å². The van der Waals surface area contributed by atoms with Crippen LogP contribution in [0.2, 0.25) is 0 Å². The maximum absolute atomic E-state index is 12.8. The van der Waals surface area contributed by atoms with E-state index in [2.05, 4.69) is 15.9 Å². The number of rotatable bonds is 3. The highest BCUT2D eigenvalue weighted by Crippen LogP contribution is 2.27. The molecule has 2 rings (SSSR count). The number of hydrogen-bond acceptors (Lipinski definition) is 2. The van der Waals surface area contributed by atoms with Gasteiger partial charge in [-0.1, -0.05) is 28.1 Å². The summed E-state index contributed by atoms with van der Waals surface area (Å²) in [6.45, 7) is 0.681. The van der Waals surface area contributed by atoms with Crippen LogP contribution in [0, 0.1) is 5.82 Å². The lowest BCUT2D eigenvalue weighted by atomic mass is 10.2. The molecular weight excluding hydrogens is 295 g/mol. The molecule has 0 radical (unpaired) electrons. The molecular formula is C14H14BrFN2. The number of hydrogen-bond donors (Lipinski definition) is 1. The SMILES string of the molecule is CN(Cc1ccc(F)cc1)c1cc(Br)ccc1N. The third kappa shape index (κ3) is 3.01. The van der Waals surface area contributed by atoms with Gasteiger partial charge in [0.1, 0.15) is 5.82 Å². The molecule has 0 fully saturated rings. The largest absolute Gasteiger partial charge is 0.397 e. The first-order valence-electron chi connectivity index (χ1n) is 5.57. The van der Waals surface area contributed by atoms with Crippen molar-refractivity contribution in [3.8, 4) is 0 Å². The lowest BCUT2D eigenvalue weighted by molar-refractivity contribution is 0.627. The van der Waals surface area contributed by atoms with Crippen LogP contribution >= 0.6 is 15.9 Å². The normalized spacial score (nSPS) is 10.4.